The van der Waals surface area contributed by atoms with Crippen molar-refractivity contribution in [2.24, 2.45) is 5.92 Å². The lowest BCUT2D eigenvalue weighted by Gasteiger charge is -2.33. The van der Waals surface area contributed by atoms with Crippen LogP contribution in [0, 0.1) is 5.92 Å². The van der Waals surface area contributed by atoms with Crippen LogP contribution >= 0.6 is 0 Å². The van der Waals surface area contributed by atoms with Crippen molar-refractivity contribution in [1.29, 1.82) is 0 Å². The number of halogens is 3. The van der Waals surface area contributed by atoms with Gasteiger partial charge in [0.25, 0.3) is 5.91 Å². The molecule has 2 rings (SSSR count). The van der Waals surface area contributed by atoms with E-state index < -0.39 is 18.0 Å². The Morgan fingerprint density at radius 1 is 1.37 bits per heavy atom. The van der Waals surface area contributed by atoms with Crippen LogP contribution in [-0.4, -0.2) is 40.0 Å². The van der Waals surface area contributed by atoms with Gasteiger partial charge in [-0.2, -0.15) is 13.2 Å². The topological polar surface area (TPSA) is 72.1 Å². The molecular weight excluding hydrogens is 261 g/mol. The van der Waals surface area contributed by atoms with Crippen LogP contribution in [0.1, 0.15) is 23.3 Å². The number of likely N-dealkylation sites (tertiary alicyclic amines) is 1. The molecule has 0 unspecified atom stereocenters. The molecule has 0 aromatic carbocycles. The first-order valence-electron chi connectivity index (χ1n) is 5.82. The second-order valence-corrected chi connectivity index (χ2v) is 4.42. The molecule has 8 heteroatoms. The summed E-state index contributed by atoms with van der Waals surface area (Å²) in [6, 6.07) is 0. The van der Waals surface area contributed by atoms with E-state index in [1.165, 1.54) is 12.4 Å². The number of nitrogen functional groups attached to an aromatic ring is 1. The molecule has 104 valence electrons. The number of nitrogens with zero attached hydrogens (tertiary/aromatic N) is 3. The van der Waals surface area contributed by atoms with Gasteiger partial charge in [-0.1, -0.05) is 0 Å². The molecule has 0 bridgehead atoms. The minimum absolute atomic E-state index is 0.0449. The van der Waals surface area contributed by atoms with Crippen molar-refractivity contribution in [3.05, 3.63) is 18.1 Å². The number of anilines is 1. The maximum absolute atomic E-state index is 12.7. The maximum Gasteiger partial charge on any atom is 0.393 e. The minimum atomic E-state index is -4.28. The molecule has 19 heavy (non-hydrogen) atoms. The Bertz CT molecular complexity index is 477. The fourth-order valence-electron chi connectivity index (χ4n) is 2.09. The predicted molar refractivity (Wildman–Crippen MR) is 61.1 cm³/mol. The van der Waals surface area contributed by atoms with Crippen LogP contribution in [0.15, 0.2) is 12.4 Å². The van der Waals surface area contributed by atoms with E-state index in [0.29, 0.717) is 6.42 Å². The summed E-state index contributed by atoms with van der Waals surface area (Å²) in [6.07, 6.45) is -1.32. The standard InChI is InChI=1S/C11H13F3N4O/c12-11(13,14)7-2-1-5-18(6-7)10(19)8-9(15)17-4-3-16-8/h3-4,7H,1-2,5-6H2,(H2,15,17)/t7-/m0/s1. The van der Waals surface area contributed by atoms with Gasteiger partial charge in [0.1, 0.15) is 0 Å². The second kappa shape index (κ2) is 5.02. The molecule has 2 N–H and O–H groups in total. The van der Waals surface area contributed by atoms with Crippen molar-refractivity contribution in [2.45, 2.75) is 19.0 Å². The van der Waals surface area contributed by atoms with Gasteiger partial charge in [0.15, 0.2) is 11.5 Å². The zero-order valence-corrected chi connectivity index (χ0v) is 10.0. The van der Waals surface area contributed by atoms with Crippen molar-refractivity contribution in [2.75, 3.05) is 18.8 Å². The molecule has 1 aliphatic rings. The highest BCUT2D eigenvalue weighted by Crippen LogP contribution is 2.33. The van der Waals surface area contributed by atoms with E-state index in [-0.39, 0.29) is 31.0 Å². The lowest BCUT2D eigenvalue weighted by Crippen LogP contribution is -2.45. The van der Waals surface area contributed by atoms with Gasteiger partial charge < -0.3 is 10.6 Å². The van der Waals surface area contributed by atoms with Gasteiger partial charge in [-0.25, -0.2) is 9.97 Å². The third-order valence-corrected chi connectivity index (χ3v) is 3.10. The molecule has 0 spiro atoms. The van der Waals surface area contributed by atoms with E-state index >= 15 is 0 Å². The summed E-state index contributed by atoms with van der Waals surface area (Å²) in [4.78, 5) is 20.7. The van der Waals surface area contributed by atoms with E-state index in [2.05, 4.69) is 9.97 Å². The summed E-state index contributed by atoms with van der Waals surface area (Å²) in [5.74, 6) is -2.15. The summed E-state index contributed by atoms with van der Waals surface area (Å²) in [6.45, 7) is -0.0697. The van der Waals surface area contributed by atoms with Gasteiger partial charge in [0.05, 0.1) is 5.92 Å². The second-order valence-electron chi connectivity index (χ2n) is 4.42. The van der Waals surface area contributed by atoms with Gasteiger partial charge in [-0.05, 0) is 12.8 Å². The lowest BCUT2D eigenvalue weighted by atomic mass is 9.97. The van der Waals surface area contributed by atoms with Crippen LogP contribution in [-0.2, 0) is 0 Å². The number of aromatic nitrogens is 2. The van der Waals surface area contributed by atoms with Crippen LogP contribution in [0.2, 0.25) is 0 Å². The largest absolute Gasteiger partial charge is 0.393 e. The Morgan fingerprint density at radius 3 is 2.68 bits per heavy atom. The third kappa shape index (κ3) is 2.94. The molecule has 1 amide bonds. The van der Waals surface area contributed by atoms with Crippen molar-refractivity contribution in [1.82, 2.24) is 14.9 Å². The number of hydrogen-bond donors (Lipinski definition) is 1. The summed E-state index contributed by atoms with van der Waals surface area (Å²) in [7, 11) is 0. The SMILES string of the molecule is Nc1nccnc1C(=O)N1CCC[C@H](C(F)(F)F)C1. The Kier molecular flexibility index (Phi) is 3.59. The quantitative estimate of drug-likeness (QED) is 0.841. The number of carbonyl (C=O) groups excluding carboxylic acids is 1. The molecule has 1 aromatic rings. The van der Waals surface area contributed by atoms with Crippen molar-refractivity contribution in [3.63, 3.8) is 0 Å². The van der Waals surface area contributed by atoms with Crippen LogP contribution < -0.4 is 5.73 Å². The number of rotatable bonds is 1. The van der Waals surface area contributed by atoms with Gasteiger partial charge >= 0.3 is 6.18 Å². The van der Waals surface area contributed by atoms with E-state index in [9.17, 15) is 18.0 Å². The fourth-order valence-corrected chi connectivity index (χ4v) is 2.09. The third-order valence-electron chi connectivity index (χ3n) is 3.10. The molecule has 1 aliphatic heterocycles. The smallest absolute Gasteiger partial charge is 0.382 e. The number of carbonyl (C=O) groups is 1. The van der Waals surface area contributed by atoms with Crippen LogP contribution in [0.25, 0.3) is 0 Å². The van der Waals surface area contributed by atoms with Gasteiger partial charge in [-0.3, -0.25) is 4.79 Å². The normalized spacial score (nSPS) is 20.4. The predicted octanol–water partition coefficient (Wildman–Crippen LogP) is 1.47. The van der Waals surface area contributed by atoms with Crippen LogP contribution in [0.4, 0.5) is 19.0 Å². The van der Waals surface area contributed by atoms with Crippen LogP contribution in [0.5, 0.6) is 0 Å². The Hall–Kier alpha value is -1.86. The summed E-state index contributed by atoms with van der Waals surface area (Å²) < 4.78 is 38.0. The number of piperidine rings is 1. The molecule has 0 aliphatic carbocycles. The first-order valence-corrected chi connectivity index (χ1v) is 5.82. The Labute approximate surface area is 107 Å². The zero-order chi connectivity index (χ0) is 14.0. The van der Waals surface area contributed by atoms with Crippen molar-refractivity contribution in [3.8, 4) is 0 Å². The number of amides is 1. The molecule has 0 saturated carbocycles. The Balaban J connectivity index is 2.14. The number of hydrogen-bond acceptors (Lipinski definition) is 4. The molecular formula is C11H13F3N4O. The van der Waals surface area contributed by atoms with E-state index in [4.69, 9.17) is 5.73 Å². The number of alkyl halides is 3. The summed E-state index contributed by atoms with van der Waals surface area (Å²) >= 11 is 0. The molecule has 1 fully saturated rings. The number of nitrogens with two attached hydrogens (primary N) is 1. The molecule has 1 aromatic heterocycles. The van der Waals surface area contributed by atoms with Crippen LogP contribution in [0.3, 0.4) is 0 Å². The summed E-state index contributed by atoms with van der Waals surface area (Å²) in [5.41, 5.74) is 5.41. The van der Waals surface area contributed by atoms with Gasteiger partial charge in [0, 0.05) is 25.5 Å². The van der Waals surface area contributed by atoms with Gasteiger partial charge in [0.2, 0.25) is 0 Å². The average Bonchev–Trinajstić information content (AvgIpc) is 2.38. The highest BCUT2D eigenvalue weighted by atomic mass is 19.4. The molecule has 2 heterocycles. The highest BCUT2D eigenvalue weighted by molar-refractivity contribution is 5.96. The lowest BCUT2D eigenvalue weighted by molar-refractivity contribution is -0.184. The first-order chi connectivity index (χ1) is 8.89. The fraction of sp³-hybridized carbons (Fsp3) is 0.545. The summed E-state index contributed by atoms with van der Waals surface area (Å²) in [5, 5.41) is 0. The monoisotopic (exact) mass is 274 g/mol. The zero-order valence-electron chi connectivity index (χ0n) is 10.0. The Morgan fingerprint density at radius 2 is 2.05 bits per heavy atom. The first kappa shape index (κ1) is 13.6. The average molecular weight is 274 g/mol. The molecule has 1 saturated heterocycles. The molecule has 0 radical (unpaired) electrons. The highest BCUT2D eigenvalue weighted by Gasteiger charge is 2.43. The van der Waals surface area contributed by atoms with E-state index in [1.54, 1.807) is 0 Å². The van der Waals surface area contributed by atoms with E-state index in [1.807, 2.05) is 0 Å². The molecule has 1 atom stereocenters. The van der Waals surface area contributed by atoms with Gasteiger partial charge in [-0.15, -0.1) is 0 Å². The maximum atomic E-state index is 12.7. The molecule has 5 nitrogen and oxygen atoms in total. The van der Waals surface area contributed by atoms with Crippen molar-refractivity contribution >= 4 is 11.7 Å². The van der Waals surface area contributed by atoms with E-state index in [0.717, 1.165) is 4.90 Å². The minimum Gasteiger partial charge on any atom is -0.382 e. The van der Waals surface area contributed by atoms with Crippen molar-refractivity contribution < 1.29 is 18.0 Å².